The number of hydrogen-bond acceptors (Lipinski definition) is 1. The summed E-state index contributed by atoms with van der Waals surface area (Å²) < 4.78 is 2.35. The van der Waals surface area contributed by atoms with E-state index in [1.807, 2.05) is 7.05 Å². The molecule has 2 nitrogen and oxygen atoms in total. The van der Waals surface area contributed by atoms with E-state index in [1.54, 1.807) is 0 Å². The molecule has 2 aromatic rings. The fourth-order valence-electron chi connectivity index (χ4n) is 3.35. The molecule has 0 aliphatic carbocycles. The zero-order valence-corrected chi connectivity index (χ0v) is 13.3. The van der Waals surface area contributed by atoms with Crippen LogP contribution in [0.3, 0.4) is 0 Å². The highest BCUT2D eigenvalue weighted by atomic mass is 15.0. The predicted molar refractivity (Wildman–Crippen MR) is 84.1 cm³/mol. The van der Waals surface area contributed by atoms with Crippen LogP contribution in [0.1, 0.15) is 36.2 Å². The lowest BCUT2D eigenvalue weighted by Gasteiger charge is -2.25. The summed E-state index contributed by atoms with van der Waals surface area (Å²) in [6, 6.07) is 4.54. The SMILES string of the molecule is CNCC(C)(C)c1c(C)n(C)c2c(C)c(C)ccc12. The van der Waals surface area contributed by atoms with Crippen LogP contribution in [0.15, 0.2) is 12.1 Å². The van der Waals surface area contributed by atoms with Crippen molar-refractivity contribution in [2.45, 2.75) is 40.0 Å². The van der Waals surface area contributed by atoms with E-state index in [1.165, 1.54) is 33.3 Å². The Labute approximate surface area is 116 Å². The Morgan fingerprint density at radius 2 is 1.79 bits per heavy atom. The van der Waals surface area contributed by atoms with Crippen LogP contribution >= 0.6 is 0 Å². The molecule has 0 saturated heterocycles. The molecule has 0 fully saturated rings. The number of aryl methyl sites for hydroxylation is 3. The second-order valence-electron chi connectivity index (χ2n) is 6.34. The largest absolute Gasteiger partial charge is 0.347 e. The molecule has 1 aromatic heterocycles. The molecule has 2 rings (SSSR count). The van der Waals surface area contributed by atoms with Gasteiger partial charge in [-0.2, -0.15) is 0 Å². The third-order valence-corrected chi connectivity index (χ3v) is 4.47. The normalized spacial score (nSPS) is 12.4. The van der Waals surface area contributed by atoms with E-state index in [0.717, 1.165) is 6.54 Å². The number of benzene rings is 1. The summed E-state index contributed by atoms with van der Waals surface area (Å²) in [4.78, 5) is 0. The molecule has 0 atom stereocenters. The molecule has 0 spiro atoms. The number of nitrogens with zero attached hydrogens (tertiary/aromatic N) is 1. The number of rotatable bonds is 3. The smallest absolute Gasteiger partial charge is 0.0515 e. The molecule has 0 radical (unpaired) electrons. The van der Waals surface area contributed by atoms with Crippen LogP contribution in [-0.2, 0) is 12.5 Å². The van der Waals surface area contributed by atoms with E-state index in [2.05, 4.69) is 63.7 Å². The van der Waals surface area contributed by atoms with Gasteiger partial charge in [0, 0.05) is 30.1 Å². The second-order valence-corrected chi connectivity index (χ2v) is 6.34. The summed E-state index contributed by atoms with van der Waals surface area (Å²) >= 11 is 0. The fourth-order valence-corrected chi connectivity index (χ4v) is 3.35. The van der Waals surface area contributed by atoms with Crippen LogP contribution in [0.5, 0.6) is 0 Å². The Morgan fingerprint density at radius 1 is 1.16 bits per heavy atom. The molecule has 1 heterocycles. The summed E-state index contributed by atoms with van der Waals surface area (Å²) in [6.07, 6.45) is 0. The molecular formula is C17H26N2. The lowest BCUT2D eigenvalue weighted by atomic mass is 9.82. The first-order valence-electron chi connectivity index (χ1n) is 7.01. The molecule has 1 N–H and O–H groups in total. The van der Waals surface area contributed by atoms with Gasteiger partial charge in [-0.25, -0.2) is 0 Å². The topological polar surface area (TPSA) is 17.0 Å². The predicted octanol–water partition coefficient (Wildman–Crippen LogP) is 3.60. The molecule has 19 heavy (non-hydrogen) atoms. The summed E-state index contributed by atoms with van der Waals surface area (Å²) in [5, 5.41) is 4.73. The van der Waals surface area contributed by atoms with E-state index in [9.17, 15) is 0 Å². The van der Waals surface area contributed by atoms with Crippen molar-refractivity contribution in [3.63, 3.8) is 0 Å². The van der Waals surface area contributed by atoms with Crippen molar-refractivity contribution in [3.8, 4) is 0 Å². The first kappa shape index (κ1) is 14.1. The minimum atomic E-state index is 0.139. The molecule has 0 aliphatic rings. The van der Waals surface area contributed by atoms with Gasteiger partial charge >= 0.3 is 0 Å². The van der Waals surface area contributed by atoms with Crippen molar-refractivity contribution in [1.29, 1.82) is 0 Å². The molecule has 2 heteroatoms. The van der Waals surface area contributed by atoms with Crippen LogP contribution in [0.4, 0.5) is 0 Å². The van der Waals surface area contributed by atoms with Crippen molar-refractivity contribution in [2.75, 3.05) is 13.6 Å². The van der Waals surface area contributed by atoms with Gasteiger partial charge in [0.25, 0.3) is 0 Å². The maximum absolute atomic E-state index is 3.32. The second kappa shape index (κ2) is 4.68. The van der Waals surface area contributed by atoms with E-state index in [0.29, 0.717) is 0 Å². The van der Waals surface area contributed by atoms with Crippen LogP contribution in [0, 0.1) is 20.8 Å². The quantitative estimate of drug-likeness (QED) is 0.890. The van der Waals surface area contributed by atoms with E-state index in [-0.39, 0.29) is 5.41 Å². The Bertz CT molecular complexity index is 618. The Morgan fingerprint density at radius 3 is 2.37 bits per heavy atom. The van der Waals surface area contributed by atoms with Gasteiger partial charge in [0.15, 0.2) is 0 Å². The summed E-state index contributed by atoms with van der Waals surface area (Å²) in [5.74, 6) is 0. The van der Waals surface area contributed by atoms with Crippen molar-refractivity contribution in [1.82, 2.24) is 9.88 Å². The number of fused-ring (bicyclic) bond motifs is 1. The summed E-state index contributed by atoms with van der Waals surface area (Å²) in [7, 11) is 4.21. The monoisotopic (exact) mass is 258 g/mol. The van der Waals surface area contributed by atoms with Gasteiger partial charge in [0.1, 0.15) is 0 Å². The van der Waals surface area contributed by atoms with Gasteiger partial charge < -0.3 is 9.88 Å². The summed E-state index contributed by atoms with van der Waals surface area (Å²) in [5.41, 5.74) is 7.14. The van der Waals surface area contributed by atoms with E-state index in [4.69, 9.17) is 0 Å². The molecule has 0 amide bonds. The van der Waals surface area contributed by atoms with Gasteiger partial charge in [-0.05, 0) is 44.5 Å². The van der Waals surface area contributed by atoms with Crippen molar-refractivity contribution in [2.24, 2.45) is 7.05 Å². The van der Waals surface area contributed by atoms with Crippen LogP contribution in [0.25, 0.3) is 10.9 Å². The zero-order valence-electron chi connectivity index (χ0n) is 13.3. The minimum absolute atomic E-state index is 0.139. The molecule has 1 aromatic carbocycles. The lowest BCUT2D eigenvalue weighted by Crippen LogP contribution is -2.31. The van der Waals surface area contributed by atoms with Crippen molar-refractivity contribution < 1.29 is 0 Å². The average molecular weight is 258 g/mol. The first-order chi connectivity index (χ1) is 8.81. The van der Waals surface area contributed by atoms with Gasteiger partial charge in [0.2, 0.25) is 0 Å². The molecule has 0 bridgehead atoms. The molecule has 0 unspecified atom stereocenters. The number of aromatic nitrogens is 1. The Kier molecular flexibility index (Phi) is 3.48. The van der Waals surface area contributed by atoms with Gasteiger partial charge in [0.05, 0.1) is 5.52 Å². The first-order valence-corrected chi connectivity index (χ1v) is 7.01. The molecular weight excluding hydrogens is 232 g/mol. The van der Waals surface area contributed by atoms with Crippen LogP contribution in [0.2, 0.25) is 0 Å². The van der Waals surface area contributed by atoms with E-state index >= 15 is 0 Å². The zero-order chi connectivity index (χ0) is 14.4. The van der Waals surface area contributed by atoms with Crippen molar-refractivity contribution >= 4 is 10.9 Å². The van der Waals surface area contributed by atoms with Gasteiger partial charge in [-0.15, -0.1) is 0 Å². The third kappa shape index (κ3) is 2.08. The van der Waals surface area contributed by atoms with Crippen molar-refractivity contribution in [3.05, 3.63) is 34.5 Å². The molecule has 0 saturated carbocycles. The van der Waals surface area contributed by atoms with Gasteiger partial charge in [-0.1, -0.05) is 26.0 Å². The number of likely N-dealkylation sites (N-methyl/N-ethyl adjacent to an activating group) is 1. The van der Waals surface area contributed by atoms with Gasteiger partial charge in [-0.3, -0.25) is 0 Å². The van der Waals surface area contributed by atoms with E-state index < -0.39 is 0 Å². The average Bonchev–Trinajstić information content (AvgIpc) is 2.58. The number of nitrogens with one attached hydrogen (secondary N) is 1. The standard InChI is InChI=1S/C17H26N2/c1-11-8-9-14-15(17(4,5)10-18-6)13(3)19(7)16(14)12(11)2/h8-9,18H,10H2,1-7H3. The molecule has 0 aliphatic heterocycles. The maximum Gasteiger partial charge on any atom is 0.0515 e. The van der Waals surface area contributed by atoms with Crippen LogP contribution in [-0.4, -0.2) is 18.2 Å². The minimum Gasteiger partial charge on any atom is -0.347 e. The summed E-state index contributed by atoms with van der Waals surface area (Å²) in [6.45, 7) is 12.3. The Hall–Kier alpha value is -1.28. The Balaban J connectivity index is 2.83. The highest BCUT2D eigenvalue weighted by Crippen LogP contribution is 2.36. The fraction of sp³-hybridized carbons (Fsp3) is 0.529. The maximum atomic E-state index is 3.32. The lowest BCUT2D eigenvalue weighted by molar-refractivity contribution is 0.493. The number of hydrogen-bond donors (Lipinski definition) is 1. The molecule has 104 valence electrons. The highest BCUT2D eigenvalue weighted by molar-refractivity contribution is 5.90. The van der Waals surface area contributed by atoms with Crippen LogP contribution < -0.4 is 5.32 Å². The third-order valence-electron chi connectivity index (χ3n) is 4.47. The highest BCUT2D eigenvalue weighted by Gasteiger charge is 2.27.